The van der Waals surface area contributed by atoms with Crippen LogP contribution < -0.4 is 4.74 Å². The number of methoxy groups -OCH3 is 1. The Morgan fingerprint density at radius 3 is 2.75 bits per heavy atom. The van der Waals surface area contributed by atoms with E-state index < -0.39 is 5.60 Å². The second kappa shape index (κ2) is 8.18. The van der Waals surface area contributed by atoms with Crippen LogP contribution in [0.4, 0.5) is 0 Å². The fraction of sp³-hybridized carbons (Fsp3) is 0.565. The minimum absolute atomic E-state index is 0.234. The highest BCUT2D eigenvalue weighted by Crippen LogP contribution is 2.50. The molecule has 0 radical (unpaired) electrons. The molecule has 2 heterocycles. The summed E-state index contributed by atoms with van der Waals surface area (Å²) in [5.41, 5.74) is 1.28. The molecule has 1 aliphatic heterocycles. The van der Waals surface area contributed by atoms with Gasteiger partial charge in [0, 0.05) is 55.5 Å². The van der Waals surface area contributed by atoms with Crippen LogP contribution in [-0.4, -0.2) is 40.2 Å². The Morgan fingerprint density at radius 2 is 2.00 bits per heavy atom. The Hall–Kier alpha value is -1.98. The molecule has 2 aromatic rings. The van der Waals surface area contributed by atoms with Crippen molar-refractivity contribution >= 4 is 0 Å². The lowest BCUT2D eigenvalue weighted by Crippen LogP contribution is -2.43. The molecule has 1 saturated carbocycles. The first-order valence-corrected chi connectivity index (χ1v) is 10.5. The molecule has 0 bridgehead atoms. The standard InChI is InChI=1S/C23H31N3O2/c1-3-7-22-24-12-17(13-25-22)14-26-15-18-8-6-11-23(27,20(18)16-26)19-9-4-5-10-21(19)28-2/h4-5,9-10,12-13,18,20,27H,3,6-8,11,14-16H2,1-2H3/t18-,20+,23-/m0/s1. The Morgan fingerprint density at radius 1 is 1.21 bits per heavy atom. The van der Waals surface area contributed by atoms with E-state index in [0.717, 1.165) is 68.0 Å². The number of rotatable bonds is 6. The molecule has 3 atom stereocenters. The van der Waals surface area contributed by atoms with Crippen molar-refractivity contribution in [2.45, 2.75) is 51.2 Å². The lowest BCUT2D eigenvalue weighted by molar-refractivity contribution is -0.0662. The number of ether oxygens (including phenoxy) is 1. The molecule has 0 spiro atoms. The van der Waals surface area contributed by atoms with Gasteiger partial charge in [-0.2, -0.15) is 0 Å². The highest BCUT2D eigenvalue weighted by Gasteiger charge is 2.50. The average molecular weight is 382 g/mol. The van der Waals surface area contributed by atoms with Crippen LogP contribution in [-0.2, 0) is 18.6 Å². The zero-order chi connectivity index (χ0) is 19.6. The largest absolute Gasteiger partial charge is 0.496 e. The molecule has 1 N–H and O–H groups in total. The second-order valence-electron chi connectivity index (χ2n) is 8.33. The van der Waals surface area contributed by atoms with Crippen LogP contribution >= 0.6 is 0 Å². The predicted molar refractivity (Wildman–Crippen MR) is 109 cm³/mol. The third kappa shape index (κ3) is 3.65. The van der Waals surface area contributed by atoms with Gasteiger partial charge in [-0.3, -0.25) is 4.90 Å². The molecule has 1 aliphatic carbocycles. The number of hydrogen-bond donors (Lipinski definition) is 1. The number of nitrogens with zero attached hydrogens (tertiary/aromatic N) is 3. The van der Waals surface area contributed by atoms with Crippen molar-refractivity contribution in [3.05, 3.63) is 53.6 Å². The van der Waals surface area contributed by atoms with Gasteiger partial charge >= 0.3 is 0 Å². The molecule has 28 heavy (non-hydrogen) atoms. The minimum Gasteiger partial charge on any atom is -0.496 e. The molecule has 5 heteroatoms. The number of aromatic nitrogens is 2. The summed E-state index contributed by atoms with van der Waals surface area (Å²) in [6.45, 7) is 4.92. The van der Waals surface area contributed by atoms with E-state index in [1.165, 1.54) is 6.42 Å². The summed E-state index contributed by atoms with van der Waals surface area (Å²) in [7, 11) is 1.69. The van der Waals surface area contributed by atoms with Gasteiger partial charge in [-0.05, 0) is 37.7 Å². The number of hydrogen-bond acceptors (Lipinski definition) is 5. The molecule has 1 saturated heterocycles. The van der Waals surface area contributed by atoms with Gasteiger partial charge in [-0.25, -0.2) is 9.97 Å². The Bertz CT molecular complexity index is 795. The summed E-state index contributed by atoms with van der Waals surface area (Å²) in [5.74, 6) is 2.47. The average Bonchev–Trinajstić information content (AvgIpc) is 3.14. The fourth-order valence-corrected chi connectivity index (χ4v) is 5.15. The molecule has 5 nitrogen and oxygen atoms in total. The van der Waals surface area contributed by atoms with Gasteiger partial charge in [0.15, 0.2) is 0 Å². The van der Waals surface area contributed by atoms with Crippen LogP contribution in [0, 0.1) is 11.8 Å². The normalized spacial score (nSPS) is 27.5. The number of likely N-dealkylation sites (tertiary alicyclic amines) is 1. The van der Waals surface area contributed by atoms with Crippen LogP contribution in [0.3, 0.4) is 0 Å². The fourth-order valence-electron chi connectivity index (χ4n) is 5.15. The van der Waals surface area contributed by atoms with Crippen LogP contribution in [0.15, 0.2) is 36.7 Å². The van der Waals surface area contributed by atoms with Crippen LogP contribution in [0.2, 0.25) is 0 Å². The van der Waals surface area contributed by atoms with E-state index in [9.17, 15) is 5.11 Å². The molecule has 150 valence electrons. The zero-order valence-corrected chi connectivity index (χ0v) is 17.0. The lowest BCUT2D eigenvalue weighted by atomic mass is 9.67. The van der Waals surface area contributed by atoms with Crippen LogP contribution in [0.5, 0.6) is 5.75 Å². The highest BCUT2D eigenvalue weighted by atomic mass is 16.5. The van der Waals surface area contributed by atoms with Crippen molar-refractivity contribution < 1.29 is 9.84 Å². The van der Waals surface area contributed by atoms with E-state index in [-0.39, 0.29) is 5.92 Å². The predicted octanol–water partition coefficient (Wildman–Crippen LogP) is 3.56. The maximum Gasteiger partial charge on any atom is 0.128 e. The van der Waals surface area contributed by atoms with Gasteiger partial charge in [-0.1, -0.05) is 25.1 Å². The molecule has 2 fully saturated rings. The Labute approximate surface area is 167 Å². The van der Waals surface area contributed by atoms with E-state index >= 15 is 0 Å². The van der Waals surface area contributed by atoms with Gasteiger partial charge < -0.3 is 9.84 Å². The minimum atomic E-state index is -0.814. The summed E-state index contributed by atoms with van der Waals surface area (Å²) < 4.78 is 5.58. The summed E-state index contributed by atoms with van der Waals surface area (Å²) >= 11 is 0. The monoisotopic (exact) mass is 381 g/mol. The van der Waals surface area contributed by atoms with Crippen LogP contribution in [0.25, 0.3) is 0 Å². The van der Waals surface area contributed by atoms with Gasteiger partial charge in [0.1, 0.15) is 11.6 Å². The first-order valence-electron chi connectivity index (χ1n) is 10.5. The summed E-state index contributed by atoms with van der Waals surface area (Å²) in [5, 5.41) is 11.8. The summed E-state index contributed by atoms with van der Waals surface area (Å²) in [6, 6.07) is 7.96. The van der Waals surface area contributed by atoms with E-state index in [2.05, 4.69) is 21.8 Å². The van der Waals surface area contributed by atoms with E-state index in [0.29, 0.717) is 5.92 Å². The third-order valence-corrected chi connectivity index (χ3v) is 6.47. The maximum atomic E-state index is 11.8. The molecule has 1 aromatic carbocycles. The topological polar surface area (TPSA) is 58.5 Å². The quantitative estimate of drug-likeness (QED) is 0.829. The van der Waals surface area contributed by atoms with Crippen molar-refractivity contribution in [2.24, 2.45) is 11.8 Å². The van der Waals surface area contributed by atoms with Gasteiger partial charge in [0.05, 0.1) is 12.7 Å². The molecule has 1 aromatic heterocycles. The van der Waals surface area contributed by atoms with Gasteiger partial charge in [0.2, 0.25) is 0 Å². The maximum absolute atomic E-state index is 11.8. The number of benzene rings is 1. The second-order valence-corrected chi connectivity index (χ2v) is 8.33. The summed E-state index contributed by atoms with van der Waals surface area (Å²) in [6.07, 6.45) is 8.97. The van der Waals surface area contributed by atoms with Gasteiger partial charge in [-0.15, -0.1) is 0 Å². The van der Waals surface area contributed by atoms with E-state index in [1.807, 2.05) is 36.7 Å². The Kier molecular flexibility index (Phi) is 5.65. The number of aliphatic hydroxyl groups is 1. The van der Waals surface area contributed by atoms with Crippen molar-refractivity contribution in [2.75, 3.05) is 20.2 Å². The van der Waals surface area contributed by atoms with Crippen LogP contribution in [0.1, 0.15) is 49.6 Å². The number of para-hydroxylation sites is 1. The molecule has 4 rings (SSSR count). The highest BCUT2D eigenvalue weighted by molar-refractivity contribution is 5.39. The zero-order valence-electron chi connectivity index (χ0n) is 17.0. The number of fused-ring (bicyclic) bond motifs is 1. The molecule has 0 amide bonds. The van der Waals surface area contributed by atoms with Gasteiger partial charge in [0.25, 0.3) is 0 Å². The third-order valence-electron chi connectivity index (χ3n) is 6.47. The first kappa shape index (κ1) is 19.3. The Balaban J connectivity index is 1.51. The summed E-state index contributed by atoms with van der Waals surface area (Å²) in [4.78, 5) is 11.5. The lowest BCUT2D eigenvalue weighted by Gasteiger charge is -2.42. The van der Waals surface area contributed by atoms with E-state index in [4.69, 9.17) is 4.74 Å². The van der Waals surface area contributed by atoms with Crippen molar-refractivity contribution in [3.8, 4) is 5.75 Å². The van der Waals surface area contributed by atoms with Crippen molar-refractivity contribution in [1.82, 2.24) is 14.9 Å². The SMILES string of the molecule is CCCc1ncc(CN2C[C@@H]3CCC[C@](O)(c4ccccc4OC)[C@@H]3C2)cn1. The van der Waals surface area contributed by atoms with E-state index in [1.54, 1.807) is 7.11 Å². The molecule has 0 unspecified atom stereocenters. The smallest absolute Gasteiger partial charge is 0.128 e. The van der Waals surface area contributed by atoms with Crippen molar-refractivity contribution in [1.29, 1.82) is 0 Å². The van der Waals surface area contributed by atoms with Crippen molar-refractivity contribution in [3.63, 3.8) is 0 Å². The molecular formula is C23H31N3O2. The molecule has 2 aliphatic rings. The first-order chi connectivity index (χ1) is 13.6. The number of aryl methyl sites for hydroxylation is 1. The molecular weight excluding hydrogens is 350 g/mol.